The van der Waals surface area contributed by atoms with E-state index >= 15 is 0 Å². The van der Waals surface area contributed by atoms with Gasteiger partial charge in [-0.25, -0.2) is 0 Å². The minimum atomic E-state index is -0.329. The van der Waals surface area contributed by atoms with Gasteiger partial charge >= 0.3 is 0 Å². The lowest BCUT2D eigenvalue weighted by atomic mass is 9.73. The average Bonchev–Trinajstić information content (AvgIpc) is 3.81. The zero-order valence-electron chi connectivity index (χ0n) is 28.3. The fourth-order valence-corrected chi connectivity index (χ4v) is 9.88. The predicted octanol–water partition coefficient (Wildman–Crippen LogP) is 13.5. The van der Waals surface area contributed by atoms with E-state index in [4.69, 9.17) is 0 Å². The van der Waals surface area contributed by atoms with E-state index in [1.807, 2.05) is 0 Å². The molecule has 1 nitrogen and oxygen atoms in total. The summed E-state index contributed by atoms with van der Waals surface area (Å²) in [4.78, 5) is 2.47. The molecule has 0 aliphatic heterocycles. The van der Waals surface area contributed by atoms with Gasteiger partial charge in [0.2, 0.25) is 0 Å². The molecule has 1 spiro atoms. The second kappa shape index (κ2) is 10.2. The van der Waals surface area contributed by atoms with E-state index in [1.54, 1.807) is 0 Å². The smallest absolute Gasteiger partial charge is 0.0738 e. The SMILES string of the molecule is c1ccc2c(c1)-c1cccc3c1C21c2cc(N(c4ccc(-c5ccc6ccccc6c5)cc4)c4cccc5ccccc45)ccc2-c2cccc-3c21. The first-order chi connectivity index (χ1) is 25.8. The molecule has 1 atom stereocenters. The van der Waals surface area contributed by atoms with Crippen LogP contribution in [-0.2, 0) is 5.41 Å². The van der Waals surface area contributed by atoms with Gasteiger partial charge < -0.3 is 4.90 Å². The standard InChI is InChI=1S/C51H31N/c1-2-12-35-30-36(23-22-32(35)10-1)33-24-26-37(27-25-33)52(48-21-7-13-34-11-3-4-14-39(34)48)38-28-29-41-43-17-9-19-45-44-18-8-16-42-40-15-5-6-20-46(40)51(49(42)44,50(43)45)47(41)31-38/h1-31H. The van der Waals surface area contributed by atoms with Crippen LogP contribution in [0.3, 0.4) is 0 Å². The Morgan fingerprint density at radius 1 is 0.327 bits per heavy atom. The molecular formula is C51H31N. The van der Waals surface area contributed by atoms with E-state index in [1.165, 1.54) is 94.0 Å². The molecule has 0 heterocycles. The molecule has 0 saturated carbocycles. The van der Waals surface area contributed by atoms with Crippen molar-refractivity contribution in [2.45, 2.75) is 5.41 Å². The fraction of sp³-hybridized carbons (Fsp3) is 0.0196. The summed E-state index contributed by atoms with van der Waals surface area (Å²) in [6.45, 7) is 0. The molecule has 240 valence electrons. The van der Waals surface area contributed by atoms with Crippen molar-refractivity contribution in [3.63, 3.8) is 0 Å². The number of hydrogen-bond donors (Lipinski definition) is 0. The number of hydrogen-bond acceptors (Lipinski definition) is 1. The molecule has 1 heteroatoms. The van der Waals surface area contributed by atoms with Crippen LogP contribution < -0.4 is 4.90 Å². The molecule has 3 aliphatic carbocycles. The first-order valence-corrected chi connectivity index (χ1v) is 18.2. The predicted molar refractivity (Wildman–Crippen MR) is 217 cm³/mol. The Balaban J connectivity index is 1.09. The van der Waals surface area contributed by atoms with E-state index in [0.717, 1.165) is 11.4 Å². The molecule has 0 N–H and O–H groups in total. The van der Waals surface area contributed by atoms with Gasteiger partial charge in [0.15, 0.2) is 0 Å². The molecule has 0 bridgehead atoms. The van der Waals surface area contributed by atoms with Crippen LogP contribution in [0.4, 0.5) is 17.1 Å². The normalized spacial score (nSPS) is 15.4. The molecule has 0 aromatic heterocycles. The second-order valence-corrected chi connectivity index (χ2v) is 14.4. The summed E-state index contributed by atoms with van der Waals surface area (Å²) in [5, 5.41) is 4.98. The van der Waals surface area contributed by atoms with Crippen molar-refractivity contribution >= 4 is 38.6 Å². The van der Waals surface area contributed by atoms with E-state index < -0.39 is 0 Å². The summed E-state index contributed by atoms with van der Waals surface area (Å²) in [5.41, 5.74) is 19.4. The molecular weight excluding hydrogens is 627 g/mol. The summed E-state index contributed by atoms with van der Waals surface area (Å²) < 4.78 is 0. The van der Waals surface area contributed by atoms with Crippen LogP contribution in [0, 0.1) is 0 Å². The highest BCUT2D eigenvalue weighted by Crippen LogP contribution is 2.70. The Morgan fingerprint density at radius 2 is 0.885 bits per heavy atom. The highest BCUT2D eigenvalue weighted by atomic mass is 15.1. The Hall–Kier alpha value is -6.70. The van der Waals surface area contributed by atoms with Crippen LogP contribution in [0.1, 0.15) is 22.3 Å². The van der Waals surface area contributed by atoms with Gasteiger partial charge in [-0.3, -0.25) is 0 Å². The molecule has 12 rings (SSSR count). The topological polar surface area (TPSA) is 3.24 Å². The highest BCUT2D eigenvalue weighted by molar-refractivity contribution is 6.07. The zero-order valence-corrected chi connectivity index (χ0v) is 28.3. The number of benzene rings is 9. The van der Waals surface area contributed by atoms with E-state index in [9.17, 15) is 0 Å². The number of anilines is 3. The number of nitrogens with zero attached hydrogens (tertiary/aromatic N) is 1. The van der Waals surface area contributed by atoms with Crippen molar-refractivity contribution in [1.29, 1.82) is 0 Å². The molecule has 9 aromatic carbocycles. The van der Waals surface area contributed by atoms with Gasteiger partial charge in [-0.05, 0) is 119 Å². The molecule has 0 saturated heterocycles. The summed E-state index contributed by atoms with van der Waals surface area (Å²) in [5.74, 6) is 0. The van der Waals surface area contributed by atoms with Gasteiger partial charge in [-0.15, -0.1) is 0 Å². The molecule has 0 amide bonds. The Kier molecular flexibility index (Phi) is 5.49. The average molecular weight is 658 g/mol. The highest BCUT2D eigenvalue weighted by Gasteiger charge is 2.57. The largest absolute Gasteiger partial charge is 0.310 e. The maximum atomic E-state index is 2.51. The third-order valence-corrected chi connectivity index (χ3v) is 12.0. The number of rotatable bonds is 4. The van der Waals surface area contributed by atoms with Crippen molar-refractivity contribution in [2.24, 2.45) is 0 Å². The maximum absolute atomic E-state index is 2.51. The van der Waals surface area contributed by atoms with Gasteiger partial charge in [0.1, 0.15) is 0 Å². The van der Waals surface area contributed by atoms with Crippen molar-refractivity contribution in [2.75, 3.05) is 4.90 Å². The molecule has 1 unspecified atom stereocenters. The van der Waals surface area contributed by atoms with Gasteiger partial charge in [0.05, 0.1) is 11.1 Å². The minimum absolute atomic E-state index is 0.329. The first-order valence-electron chi connectivity index (χ1n) is 18.2. The van der Waals surface area contributed by atoms with E-state index in [-0.39, 0.29) is 5.41 Å². The van der Waals surface area contributed by atoms with E-state index in [0.29, 0.717) is 0 Å². The molecule has 52 heavy (non-hydrogen) atoms. The van der Waals surface area contributed by atoms with Crippen molar-refractivity contribution < 1.29 is 0 Å². The number of fused-ring (bicyclic) bond motifs is 7. The van der Waals surface area contributed by atoms with E-state index in [2.05, 4.69) is 193 Å². The summed E-state index contributed by atoms with van der Waals surface area (Å²) >= 11 is 0. The fourth-order valence-electron chi connectivity index (χ4n) is 9.88. The maximum Gasteiger partial charge on any atom is 0.0738 e. The van der Waals surface area contributed by atoms with Crippen molar-refractivity contribution in [3.05, 3.63) is 210 Å². The van der Waals surface area contributed by atoms with Crippen LogP contribution in [0.2, 0.25) is 0 Å². The monoisotopic (exact) mass is 657 g/mol. The summed E-state index contributed by atoms with van der Waals surface area (Å²) in [6.07, 6.45) is 0. The molecule has 0 fully saturated rings. The van der Waals surface area contributed by atoms with Crippen molar-refractivity contribution in [3.8, 4) is 44.5 Å². The lowest BCUT2D eigenvalue weighted by Crippen LogP contribution is -2.23. The van der Waals surface area contributed by atoms with Crippen LogP contribution >= 0.6 is 0 Å². The lowest BCUT2D eigenvalue weighted by molar-refractivity contribution is 0.818. The van der Waals surface area contributed by atoms with Crippen LogP contribution in [0.5, 0.6) is 0 Å². The van der Waals surface area contributed by atoms with Crippen LogP contribution in [-0.4, -0.2) is 0 Å². The molecule has 3 aliphatic rings. The summed E-state index contributed by atoms with van der Waals surface area (Å²) in [6, 6.07) is 70.1. The Labute approximate surface area is 302 Å². The molecule has 0 radical (unpaired) electrons. The third kappa shape index (κ3) is 3.52. The Morgan fingerprint density at radius 3 is 1.67 bits per heavy atom. The Bertz CT molecular complexity index is 2930. The van der Waals surface area contributed by atoms with Gasteiger partial charge in [-0.2, -0.15) is 0 Å². The van der Waals surface area contributed by atoms with Gasteiger partial charge in [0, 0.05) is 16.8 Å². The summed E-state index contributed by atoms with van der Waals surface area (Å²) in [7, 11) is 0. The minimum Gasteiger partial charge on any atom is -0.310 e. The van der Waals surface area contributed by atoms with Gasteiger partial charge in [0.25, 0.3) is 0 Å². The van der Waals surface area contributed by atoms with Gasteiger partial charge in [-0.1, -0.05) is 152 Å². The zero-order chi connectivity index (χ0) is 34.0. The quantitative estimate of drug-likeness (QED) is 0.182. The first kappa shape index (κ1) is 28.0. The van der Waals surface area contributed by atoms with Crippen LogP contribution in [0.25, 0.3) is 66.1 Å². The lowest BCUT2D eigenvalue weighted by Gasteiger charge is -2.31. The second-order valence-electron chi connectivity index (χ2n) is 14.4. The molecule has 9 aromatic rings. The van der Waals surface area contributed by atoms with Crippen molar-refractivity contribution in [1.82, 2.24) is 0 Å². The third-order valence-electron chi connectivity index (χ3n) is 12.0. The van der Waals surface area contributed by atoms with Crippen LogP contribution in [0.15, 0.2) is 188 Å².